The molecule has 2 rings (SSSR count). The largest absolute Gasteiger partial charge is 0.458 e. The highest BCUT2D eigenvalue weighted by atomic mass is 79.9. The van der Waals surface area contributed by atoms with Crippen LogP contribution in [0.15, 0.2) is 53.0 Å². The number of benzene rings is 2. The van der Waals surface area contributed by atoms with Crippen molar-refractivity contribution in [1.29, 1.82) is 0 Å². The fourth-order valence-corrected chi connectivity index (χ4v) is 3.19. The first-order valence-corrected chi connectivity index (χ1v) is 11.3. The molecule has 0 aliphatic rings. The fraction of sp³-hybridized carbons (Fsp3) is 0.440. The molecule has 0 fully saturated rings. The highest BCUT2D eigenvalue weighted by Gasteiger charge is 2.29. The third-order valence-electron chi connectivity index (χ3n) is 4.30. The summed E-state index contributed by atoms with van der Waals surface area (Å²) in [6.07, 6.45) is -1.22. The van der Waals surface area contributed by atoms with E-state index in [1.807, 2.05) is 48.5 Å². The van der Waals surface area contributed by atoms with E-state index < -0.39 is 35.4 Å². The zero-order valence-corrected chi connectivity index (χ0v) is 21.0. The Hall–Kier alpha value is -2.38. The van der Waals surface area contributed by atoms with Gasteiger partial charge in [-0.1, -0.05) is 52.3 Å². The molecule has 0 heterocycles. The molecule has 1 unspecified atom stereocenters. The molecule has 0 radical (unpaired) electrons. The number of aliphatic hydroxyl groups is 1. The van der Waals surface area contributed by atoms with Crippen molar-refractivity contribution in [2.75, 3.05) is 0 Å². The molecule has 0 saturated carbocycles. The average Bonchev–Trinajstić information content (AvgIpc) is 2.65. The molecule has 0 aliphatic heterocycles. The van der Waals surface area contributed by atoms with Gasteiger partial charge in [-0.05, 0) is 70.4 Å². The van der Waals surface area contributed by atoms with Crippen molar-refractivity contribution in [3.05, 3.63) is 69.7 Å². The Morgan fingerprint density at radius 2 is 1.34 bits per heavy atom. The summed E-state index contributed by atoms with van der Waals surface area (Å²) in [5.74, 6) is -0.540. The van der Waals surface area contributed by atoms with Crippen LogP contribution >= 0.6 is 15.9 Å². The third kappa shape index (κ3) is 8.63. The van der Waals surface area contributed by atoms with Gasteiger partial charge in [0, 0.05) is 10.9 Å². The molecule has 2 N–H and O–H groups in total. The van der Waals surface area contributed by atoms with E-state index in [9.17, 15) is 14.7 Å². The molecule has 2 atom stereocenters. The Morgan fingerprint density at radius 3 is 1.81 bits per heavy atom. The number of carbonyl (C=O) groups excluding carboxylic acids is 2. The Bertz CT molecular complexity index is 911. The van der Waals surface area contributed by atoms with Gasteiger partial charge in [0.1, 0.15) is 23.3 Å². The first-order chi connectivity index (χ1) is 14.7. The molecule has 1 amide bonds. The topological polar surface area (TPSA) is 84.9 Å². The summed E-state index contributed by atoms with van der Waals surface area (Å²) in [6, 6.07) is 13.8. The average molecular weight is 506 g/mol. The van der Waals surface area contributed by atoms with Gasteiger partial charge >= 0.3 is 12.1 Å². The molecule has 0 spiro atoms. The second-order valence-electron chi connectivity index (χ2n) is 9.63. The second-order valence-corrected chi connectivity index (χ2v) is 10.5. The number of rotatable bonds is 6. The number of nitrogens with one attached hydrogen (secondary N) is 1. The smallest absolute Gasteiger partial charge is 0.408 e. The fourth-order valence-electron chi connectivity index (χ4n) is 2.93. The van der Waals surface area contributed by atoms with Gasteiger partial charge in [0.15, 0.2) is 0 Å². The maximum atomic E-state index is 12.7. The summed E-state index contributed by atoms with van der Waals surface area (Å²) in [5.41, 5.74) is 0.935. The first kappa shape index (κ1) is 25.9. The van der Waals surface area contributed by atoms with E-state index in [4.69, 9.17) is 9.47 Å². The lowest BCUT2D eigenvalue weighted by molar-refractivity contribution is -0.157. The number of hydrogen-bond acceptors (Lipinski definition) is 5. The van der Waals surface area contributed by atoms with Crippen molar-refractivity contribution in [3.63, 3.8) is 0 Å². The predicted molar refractivity (Wildman–Crippen MR) is 127 cm³/mol. The molecule has 174 valence electrons. The summed E-state index contributed by atoms with van der Waals surface area (Å²) < 4.78 is 11.7. The minimum absolute atomic E-state index is 0.225. The highest BCUT2D eigenvalue weighted by molar-refractivity contribution is 9.10. The van der Waals surface area contributed by atoms with Crippen LogP contribution in [0.2, 0.25) is 0 Å². The van der Waals surface area contributed by atoms with Gasteiger partial charge < -0.3 is 19.9 Å². The molecule has 32 heavy (non-hydrogen) atoms. The normalized spacial score (nSPS) is 13.8. The first-order valence-electron chi connectivity index (χ1n) is 10.5. The van der Waals surface area contributed by atoms with Crippen LogP contribution < -0.4 is 5.32 Å². The second kappa shape index (κ2) is 10.5. The van der Waals surface area contributed by atoms with E-state index in [-0.39, 0.29) is 6.42 Å². The molecular formula is C25H32BrNO5. The van der Waals surface area contributed by atoms with Gasteiger partial charge in [0.05, 0.1) is 0 Å². The summed E-state index contributed by atoms with van der Waals surface area (Å²) in [4.78, 5) is 25.0. The molecule has 0 aliphatic carbocycles. The van der Waals surface area contributed by atoms with E-state index >= 15 is 0 Å². The van der Waals surface area contributed by atoms with Crippen molar-refractivity contribution in [3.8, 4) is 0 Å². The van der Waals surface area contributed by atoms with Crippen molar-refractivity contribution in [1.82, 2.24) is 5.32 Å². The van der Waals surface area contributed by atoms with Crippen LogP contribution in [0.4, 0.5) is 4.79 Å². The molecule has 0 aromatic heterocycles. The monoisotopic (exact) mass is 505 g/mol. The van der Waals surface area contributed by atoms with Crippen LogP contribution in [-0.2, 0) is 20.7 Å². The molecular weight excluding hydrogens is 474 g/mol. The third-order valence-corrected chi connectivity index (χ3v) is 4.83. The van der Waals surface area contributed by atoms with E-state index in [0.29, 0.717) is 0 Å². The number of carbonyl (C=O) groups is 2. The Kier molecular flexibility index (Phi) is 8.48. The maximum Gasteiger partial charge on any atom is 0.408 e. The molecule has 0 saturated heterocycles. The van der Waals surface area contributed by atoms with Crippen LogP contribution in [0, 0.1) is 0 Å². The van der Waals surface area contributed by atoms with E-state index in [1.54, 1.807) is 41.5 Å². The summed E-state index contributed by atoms with van der Waals surface area (Å²) in [6.45, 7) is 10.6. The van der Waals surface area contributed by atoms with E-state index in [1.165, 1.54) is 0 Å². The predicted octanol–water partition coefficient (Wildman–Crippen LogP) is 5.31. The lowest BCUT2D eigenvalue weighted by Gasteiger charge is -2.26. The minimum Gasteiger partial charge on any atom is -0.458 e. The Morgan fingerprint density at radius 1 is 0.875 bits per heavy atom. The van der Waals surface area contributed by atoms with E-state index in [2.05, 4.69) is 21.2 Å². The standard InChI is InChI=1S/C25H32BrNO5/c1-24(2,3)31-22(29)20(27-23(30)32-25(4,5)6)15-16-7-9-17(10-8-16)21(28)18-11-13-19(26)14-12-18/h7-14,20-21,28H,15H2,1-6H3,(H,27,30)/t20-,21?/m0/s1. The van der Waals surface area contributed by atoms with Crippen molar-refractivity contribution >= 4 is 28.0 Å². The van der Waals surface area contributed by atoms with Crippen molar-refractivity contribution in [2.45, 2.75) is 71.3 Å². The van der Waals surface area contributed by atoms with Crippen LogP contribution in [-0.4, -0.2) is 34.4 Å². The number of esters is 1. The number of hydrogen-bond donors (Lipinski definition) is 2. The molecule has 6 nitrogen and oxygen atoms in total. The quantitative estimate of drug-likeness (QED) is 0.519. The van der Waals surface area contributed by atoms with E-state index in [0.717, 1.165) is 21.2 Å². The van der Waals surface area contributed by atoms with Crippen LogP contribution in [0.1, 0.15) is 64.3 Å². The number of halogens is 1. The number of ether oxygens (including phenoxy) is 2. The van der Waals surface area contributed by atoms with Crippen molar-refractivity contribution in [2.24, 2.45) is 0 Å². The van der Waals surface area contributed by atoms with Gasteiger partial charge in [0.2, 0.25) is 0 Å². The summed E-state index contributed by atoms with van der Waals surface area (Å²) in [7, 11) is 0. The zero-order valence-electron chi connectivity index (χ0n) is 19.4. The van der Waals surface area contributed by atoms with Gasteiger partial charge in [0.25, 0.3) is 0 Å². The SMILES string of the molecule is CC(C)(C)OC(=O)N[C@@H](Cc1ccc(C(O)c2ccc(Br)cc2)cc1)C(=O)OC(C)(C)C. The van der Waals surface area contributed by atoms with Crippen molar-refractivity contribution < 1.29 is 24.2 Å². The van der Waals surface area contributed by atoms with Gasteiger partial charge in [-0.15, -0.1) is 0 Å². The zero-order chi connectivity index (χ0) is 24.1. The van der Waals surface area contributed by atoms with Gasteiger partial charge in [-0.3, -0.25) is 0 Å². The maximum absolute atomic E-state index is 12.7. The summed E-state index contributed by atoms with van der Waals surface area (Å²) >= 11 is 3.39. The summed E-state index contributed by atoms with van der Waals surface area (Å²) in [5, 5.41) is 13.3. The molecule has 2 aromatic carbocycles. The lowest BCUT2D eigenvalue weighted by Crippen LogP contribution is -2.47. The number of amides is 1. The molecule has 7 heteroatoms. The van der Waals surface area contributed by atoms with Gasteiger partial charge in [-0.25, -0.2) is 9.59 Å². The lowest BCUT2D eigenvalue weighted by atomic mass is 9.98. The molecule has 0 bridgehead atoms. The van der Waals surface area contributed by atoms with Crippen LogP contribution in [0.5, 0.6) is 0 Å². The number of alkyl carbamates (subject to hydrolysis) is 1. The highest BCUT2D eigenvalue weighted by Crippen LogP contribution is 2.24. The Labute approximate surface area is 198 Å². The number of aliphatic hydroxyl groups excluding tert-OH is 1. The van der Waals surface area contributed by atoms with Gasteiger partial charge in [-0.2, -0.15) is 0 Å². The van der Waals surface area contributed by atoms with Crippen LogP contribution in [0.25, 0.3) is 0 Å². The Balaban J connectivity index is 2.15. The minimum atomic E-state index is -0.911. The molecule has 2 aromatic rings. The van der Waals surface area contributed by atoms with Crippen LogP contribution in [0.3, 0.4) is 0 Å².